The van der Waals surface area contributed by atoms with Gasteiger partial charge in [-0.2, -0.15) is 0 Å². The molecule has 0 aliphatic carbocycles. The number of hydrogen-bond donors (Lipinski definition) is 2. The van der Waals surface area contributed by atoms with Crippen molar-refractivity contribution in [3.63, 3.8) is 0 Å². The third-order valence-electron chi connectivity index (χ3n) is 5.18. The highest BCUT2D eigenvalue weighted by Gasteiger charge is 2.42. The normalized spacial score (nSPS) is 15.6. The van der Waals surface area contributed by atoms with Gasteiger partial charge in [0, 0.05) is 38.9 Å². The molecule has 6 nitrogen and oxygen atoms in total. The molecule has 2 aromatic carbocycles. The van der Waals surface area contributed by atoms with Crippen LogP contribution in [0.15, 0.2) is 54.6 Å². The first-order chi connectivity index (χ1) is 15.6. The molecular weight excluding hydrogens is 501 g/mol. The molecule has 176 valence electrons. The van der Waals surface area contributed by atoms with Crippen LogP contribution in [0.1, 0.15) is 12.0 Å². The Morgan fingerprint density at radius 3 is 2.45 bits per heavy atom. The van der Waals surface area contributed by atoms with Crippen molar-refractivity contribution in [3.8, 4) is 0 Å². The van der Waals surface area contributed by atoms with Crippen LogP contribution in [-0.4, -0.2) is 53.1 Å². The Bertz CT molecular complexity index is 1020. The van der Waals surface area contributed by atoms with Gasteiger partial charge in [-0.3, -0.25) is 4.79 Å². The number of nitrogens with one attached hydrogen (secondary N) is 1. The molecule has 0 bridgehead atoms. The SMILES string of the molecule is CN(C)c1ccccc1N1CCCN(C(NC(=O)/C=C/c2ccc(N)cc2)C(Cl)(Cl)Cl)C1=S. The Balaban J connectivity index is 1.81. The fourth-order valence-electron chi connectivity index (χ4n) is 3.58. The average molecular weight is 527 g/mol. The number of carbonyl (C=O) groups excluding carboxylic acids is 1. The number of nitrogens with two attached hydrogens (primary N) is 1. The minimum absolute atomic E-state index is 0.406. The second-order valence-corrected chi connectivity index (χ2v) is 10.6. The second kappa shape index (κ2) is 10.8. The molecule has 2 aromatic rings. The van der Waals surface area contributed by atoms with Crippen LogP contribution in [0, 0.1) is 0 Å². The van der Waals surface area contributed by atoms with Crippen molar-refractivity contribution in [1.29, 1.82) is 0 Å². The number of anilines is 3. The predicted molar refractivity (Wildman–Crippen MR) is 144 cm³/mol. The van der Waals surface area contributed by atoms with Crippen molar-refractivity contribution < 1.29 is 4.79 Å². The number of halogens is 3. The van der Waals surface area contributed by atoms with E-state index in [0.29, 0.717) is 17.3 Å². The Hall–Kier alpha value is -2.19. The lowest BCUT2D eigenvalue weighted by molar-refractivity contribution is -0.117. The molecule has 1 unspecified atom stereocenters. The molecule has 3 rings (SSSR count). The van der Waals surface area contributed by atoms with Gasteiger partial charge in [0.15, 0.2) is 11.3 Å². The van der Waals surface area contributed by atoms with Crippen molar-refractivity contribution in [2.45, 2.75) is 16.4 Å². The molecule has 0 spiro atoms. The molecule has 10 heteroatoms. The number of nitrogens with zero attached hydrogens (tertiary/aromatic N) is 3. The highest BCUT2D eigenvalue weighted by Crippen LogP contribution is 2.36. The minimum Gasteiger partial charge on any atom is -0.399 e. The maximum Gasteiger partial charge on any atom is 0.245 e. The molecule has 3 N–H and O–H groups in total. The molecule has 1 amide bonds. The molecule has 1 heterocycles. The summed E-state index contributed by atoms with van der Waals surface area (Å²) in [7, 11) is 3.95. The zero-order valence-electron chi connectivity index (χ0n) is 18.3. The van der Waals surface area contributed by atoms with E-state index in [9.17, 15) is 4.79 Å². The van der Waals surface area contributed by atoms with E-state index in [0.717, 1.165) is 29.9 Å². The van der Waals surface area contributed by atoms with E-state index in [-0.39, 0.29) is 0 Å². The van der Waals surface area contributed by atoms with Gasteiger partial charge in [0.1, 0.15) is 0 Å². The third-order valence-corrected chi connectivity index (χ3v) is 6.25. The topological polar surface area (TPSA) is 64.8 Å². The lowest BCUT2D eigenvalue weighted by atomic mass is 10.2. The van der Waals surface area contributed by atoms with E-state index in [4.69, 9.17) is 52.8 Å². The van der Waals surface area contributed by atoms with Crippen LogP contribution < -0.4 is 20.9 Å². The van der Waals surface area contributed by atoms with E-state index < -0.39 is 15.9 Å². The molecule has 1 aliphatic heterocycles. The zero-order chi connectivity index (χ0) is 24.2. The maximum atomic E-state index is 12.7. The van der Waals surface area contributed by atoms with Gasteiger partial charge in [-0.25, -0.2) is 0 Å². The molecule has 1 saturated heterocycles. The van der Waals surface area contributed by atoms with Gasteiger partial charge in [0.2, 0.25) is 9.70 Å². The average Bonchev–Trinajstić information content (AvgIpc) is 2.77. The zero-order valence-corrected chi connectivity index (χ0v) is 21.4. The van der Waals surface area contributed by atoms with Crippen LogP contribution >= 0.6 is 47.0 Å². The quantitative estimate of drug-likeness (QED) is 0.247. The summed E-state index contributed by atoms with van der Waals surface area (Å²) in [5, 5.41) is 3.28. The monoisotopic (exact) mass is 525 g/mol. The van der Waals surface area contributed by atoms with Crippen LogP contribution in [-0.2, 0) is 4.79 Å². The second-order valence-electron chi connectivity index (χ2n) is 7.82. The molecule has 0 saturated carbocycles. The van der Waals surface area contributed by atoms with Crippen molar-refractivity contribution in [2.24, 2.45) is 0 Å². The third kappa shape index (κ3) is 6.44. The first-order valence-electron chi connectivity index (χ1n) is 10.3. The number of benzene rings is 2. The number of alkyl halides is 3. The maximum absolute atomic E-state index is 12.7. The standard InChI is InChI=1S/C23H26Cl3N5OS/c1-29(2)18-6-3-4-7-19(18)30-14-5-15-31(22(30)33)21(23(24,25)26)28-20(32)13-10-16-8-11-17(27)12-9-16/h3-4,6-13,21H,5,14-15,27H2,1-2H3,(H,28,32)/b13-10+. The van der Waals surface area contributed by atoms with E-state index in [1.54, 1.807) is 23.1 Å². The van der Waals surface area contributed by atoms with Crippen LogP contribution in [0.5, 0.6) is 0 Å². The summed E-state index contributed by atoms with van der Waals surface area (Å²) >= 11 is 24.7. The van der Waals surface area contributed by atoms with Crippen molar-refractivity contribution in [1.82, 2.24) is 10.2 Å². The minimum atomic E-state index is -1.81. The summed E-state index contributed by atoms with van der Waals surface area (Å²) in [4.78, 5) is 18.5. The summed E-state index contributed by atoms with van der Waals surface area (Å²) in [6.07, 6.45) is 2.88. The summed E-state index contributed by atoms with van der Waals surface area (Å²) in [5.74, 6) is -0.406. The number of hydrogen-bond acceptors (Lipinski definition) is 4. The van der Waals surface area contributed by atoms with Crippen LogP contribution in [0.2, 0.25) is 0 Å². The first kappa shape index (κ1) is 25.4. The van der Waals surface area contributed by atoms with Crippen molar-refractivity contribution >= 4 is 81.2 Å². The summed E-state index contributed by atoms with van der Waals surface area (Å²) in [6.45, 7) is 1.26. The molecule has 33 heavy (non-hydrogen) atoms. The van der Waals surface area contributed by atoms with Gasteiger partial charge in [0.05, 0.1) is 11.4 Å². The van der Waals surface area contributed by atoms with Crippen molar-refractivity contribution in [2.75, 3.05) is 42.7 Å². The Labute approximate surface area is 214 Å². The Morgan fingerprint density at radius 1 is 1.15 bits per heavy atom. The largest absolute Gasteiger partial charge is 0.399 e. The molecule has 0 radical (unpaired) electrons. The van der Waals surface area contributed by atoms with Crippen molar-refractivity contribution in [3.05, 3.63) is 60.2 Å². The first-order valence-corrected chi connectivity index (χ1v) is 11.9. The molecular formula is C23H26Cl3N5OS. The molecule has 1 atom stereocenters. The summed E-state index contributed by atoms with van der Waals surface area (Å²) in [5.41, 5.74) is 9.14. The molecule has 0 aromatic heterocycles. The van der Waals surface area contributed by atoms with Gasteiger partial charge < -0.3 is 25.8 Å². The number of rotatable bonds is 6. The number of nitrogen functional groups attached to an aromatic ring is 1. The predicted octanol–water partition coefficient (Wildman–Crippen LogP) is 4.66. The van der Waals surface area contributed by atoms with E-state index in [1.165, 1.54) is 6.08 Å². The Morgan fingerprint density at radius 2 is 1.82 bits per heavy atom. The highest BCUT2D eigenvalue weighted by atomic mass is 35.6. The van der Waals surface area contributed by atoms with E-state index in [2.05, 4.69) is 5.32 Å². The fraction of sp³-hybridized carbons (Fsp3) is 0.304. The number of para-hydroxylation sites is 2. The summed E-state index contributed by atoms with van der Waals surface area (Å²) < 4.78 is -1.81. The molecule has 1 aliphatic rings. The van der Waals surface area contributed by atoms with Crippen LogP contribution in [0.3, 0.4) is 0 Å². The lowest BCUT2D eigenvalue weighted by Crippen LogP contribution is -2.62. The summed E-state index contributed by atoms with van der Waals surface area (Å²) in [6, 6.07) is 15.1. The van der Waals surface area contributed by atoms with Gasteiger partial charge in [0.25, 0.3) is 0 Å². The van der Waals surface area contributed by atoms with Gasteiger partial charge in [-0.05, 0) is 54.5 Å². The van der Waals surface area contributed by atoms with Gasteiger partial charge >= 0.3 is 0 Å². The van der Waals surface area contributed by atoms with Crippen LogP contribution in [0.25, 0.3) is 6.08 Å². The highest BCUT2D eigenvalue weighted by molar-refractivity contribution is 7.80. The number of carbonyl (C=O) groups is 1. The number of amides is 1. The van der Waals surface area contributed by atoms with Gasteiger partial charge in [-0.15, -0.1) is 0 Å². The number of thiocarbonyl (C=S) groups is 1. The molecule has 1 fully saturated rings. The fourth-order valence-corrected chi connectivity index (χ4v) is 4.48. The smallest absolute Gasteiger partial charge is 0.245 e. The van der Waals surface area contributed by atoms with E-state index >= 15 is 0 Å². The Kier molecular flexibility index (Phi) is 8.34. The van der Waals surface area contributed by atoms with Gasteiger partial charge in [-0.1, -0.05) is 59.1 Å². The van der Waals surface area contributed by atoms with E-state index in [1.807, 2.05) is 60.3 Å². The van der Waals surface area contributed by atoms with Crippen LogP contribution in [0.4, 0.5) is 17.1 Å². The lowest BCUT2D eigenvalue weighted by Gasteiger charge is -2.45.